The molecule has 3 aromatic carbocycles. The van der Waals surface area contributed by atoms with Gasteiger partial charge in [0.25, 0.3) is 0 Å². The van der Waals surface area contributed by atoms with Crippen LogP contribution >= 0.6 is 0 Å². The van der Waals surface area contributed by atoms with E-state index < -0.39 is 0 Å². The van der Waals surface area contributed by atoms with Gasteiger partial charge in [0, 0.05) is 11.3 Å². The standard InChI is InChI=1S/C23H23NO2/c1-17-9-8-10-18(2)23(17)24-22(25)15-16-26-21-14-7-6-13-20(21)19-11-4-3-5-12-19/h3-14H,15-16H2,1-2H3,(H,24,25). The molecule has 0 spiro atoms. The summed E-state index contributed by atoms with van der Waals surface area (Å²) in [5, 5.41) is 2.99. The molecule has 0 saturated carbocycles. The summed E-state index contributed by atoms with van der Waals surface area (Å²) in [6.45, 7) is 4.32. The summed E-state index contributed by atoms with van der Waals surface area (Å²) < 4.78 is 5.90. The molecule has 0 radical (unpaired) electrons. The fourth-order valence-corrected chi connectivity index (χ4v) is 2.92. The predicted octanol–water partition coefficient (Wildman–Crippen LogP) is 5.38. The Balaban J connectivity index is 1.61. The van der Waals surface area contributed by atoms with Gasteiger partial charge in [-0.3, -0.25) is 4.79 Å². The van der Waals surface area contributed by atoms with Crippen LogP contribution in [-0.4, -0.2) is 12.5 Å². The van der Waals surface area contributed by atoms with Crippen molar-refractivity contribution in [2.24, 2.45) is 0 Å². The molecule has 0 heterocycles. The van der Waals surface area contributed by atoms with Gasteiger partial charge in [-0.05, 0) is 36.6 Å². The lowest BCUT2D eigenvalue weighted by molar-refractivity contribution is -0.116. The Morgan fingerprint density at radius 3 is 2.23 bits per heavy atom. The van der Waals surface area contributed by atoms with Crippen molar-refractivity contribution < 1.29 is 9.53 Å². The maximum absolute atomic E-state index is 12.3. The monoisotopic (exact) mass is 345 g/mol. The first-order valence-corrected chi connectivity index (χ1v) is 8.78. The topological polar surface area (TPSA) is 38.3 Å². The van der Waals surface area contributed by atoms with E-state index >= 15 is 0 Å². The van der Waals surface area contributed by atoms with Crippen LogP contribution < -0.4 is 10.1 Å². The Bertz CT molecular complexity index is 867. The molecule has 3 rings (SSSR count). The van der Waals surface area contributed by atoms with Crippen LogP contribution in [0, 0.1) is 13.8 Å². The van der Waals surface area contributed by atoms with Gasteiger partial charge in [-0.15, -0.1) is 0 Å². The zero-order valence-electron chi connectivity index (χ0n) is 15.2. The van der Waals surface area contributed by atoms with Gasteiger partial charge < -0.3 is 10.1 Å². The van der Waals surface area contributed by atoms with E-state index in [1.54, 1.807) is 0 Å². The first kappa shape index (κ1) is 17.7. The van der Waals surface area contributed by atoms with Gasteiger partial charge in [0.2, 0.25) is 5.91 Å². The Morgan fingerprint density at radius 2 is 1.50 bits per heavy atom. The van der Waals surface area contributed by atoms with Gasteiger partial charge >= 0.3 is 0 Å². The zero-order valence-corrected chi connectivity index (χ0v) is 15.2. The van der Waals surface area contributed by atoms with Gasteiger partial charge in [0.1, 0.15) is 5.75 Å². The number of amides is 1. The van der Waals surface area contributed by atoms with Crippen molar-refractivity contribution in [2.75, 3.05) is 11.9 Å². The molecule has 0 fully saturated rings. The molecule has 0 saturated heterocycles. The summed E-state index contributed by atoms with van der Waals surface area (Å²) in [4.78, 5) is 12.3. The fourth-order valence-electron chi connectivity index (χ4n) is 2.92. The van der Waals surface area contributed by atoms with Crippen LogP contribution in [0.2, 0.25) is 0 Å². The SMILES string of the molecule is Cc1cccc(C)c1NC(=O)CCOc1ccccc1-c1ccccc1. The van der Waals surface area contributed by atoms with E-state index in [0.717, 1.165) is 33.7 Å². The molecule has 0 aliphatic heterocycles. The number of carbonyl (C=O) groups excluding carboxylic acids is 1. The molecule has 1 N–H and O–H groups in total. The van der Waals surface area contributed by atoms with Crippen molar-refractivity contribution >= 4 is 11.6 Å². The maximum atomic E-state index is 12.3. The average Bonchev–Trinajstić information content (AvgIpc) is 2.66. The minimum atomic E-state index is -0.0420. The summed E-state index contributed by atoms with van der Waals surface area (Å²) in [6.07, 6.45) is 0.302. The van der Waals surface area contributed by atoms with Crippen LogP contribution in [0.15, 0.2) is 72.8 Å². The maximum Gasteiger partial charge on any atom is 0.227 e. The van der Waals surface area contributed by atoms with Gasteiger partial charge in [-0.1, -0.05) is 66.7 Å². The number of carbonyl (C=O) groups is 1. The van der Waals surface area contributed by atoms with Crippen LogP contribution in [0.5, 0.6) is 5.75 Å². The Hall–Kier alpha value is -3.07. The minimum Gasteiger partial charge on any atom is -0.492 e. The normalized spacial score (nSPS) is 10.4. The van der Waals surface area contributed by atoms with Crippen molar-refractivity contribution in [2.45, 2.75) is 20.3 Å². The van der Waals surface area contributed by atoms with Gasteiger partial charge in [0.05, 0.1) is 13.0 Å². The van der Waals surface area contributed by atoms with Gasteiger partial charge in [0.15, 0.2) is 0 Å². The third kappa shape index (κ3) is 4.31. The molecule has 0 aliphatic rings. The number of hydrogen-bond acceptors (Lipinski definition) is 2. The zero-order chi connectivity index (χ0) is 18.4. The second kappa shape index (κ2) is 8.34. The first-order valence-electron chi connectivity index (χ1n) is 8.78. The van der Waals surface area contributed by atoms with Gasteiger partial charge in [-0.2, -0.15) is 0 Å². The number of rotatable bonds is 6. The van der Waals surface area contributed by atoms with Gasteiger partial charge in [-0.25, -0.2) is 0 Å². The molecule has 1 amide bonds. The van der Waals surface area contributed by atoms with Crippen molar-refractivity contribution in [1.29, 1.82) is 0 Å². The lowest BCUT2D eigenvalue weighted by Crippen LogP contribution is -2.16. The summed E-state index contributed by atoms with van der Waals surface area (Å²) in [5.74, 6) is 0.748. The highest BCUT2D eigenvalue weighted by molar-refractivity contribution is 5.92. The van der Waals surface area contributed by atoms with Crippen molar-refractivity contribution in [3.8, 4) is 16.9 Å². The Kier molecular flexibility index (Phi) is 5.69. The van der Waals surface area contributed by atoms with Crippen LogP contribution in [0.3, 0.4) is 0 Å². The second-order valence-electron chi connectivity index (χ2n) is 6.28. The molecule has 3 aromatic rings. The number of anilines is 1. The summed E-state index contributed by atoms with van der Waals surface area (Å²) >= 11 is 0. The van der Waals surface area contributed by atoms with Crippen molar-refractivity contribution in [3.63, 3.8) is 0 Å². The molecule has 0 aromatic heterocycles. The van der Waals surface area contributed by atoms with Crippen LogP contribution in [-0.2, 0) is 4.79 Å². The highest BCUT2D eigenvalue weighted by atomic mass is 16.5. The van der Waals surface area contributed by atoms with Crippen LogP contribution in [0.4, 0.5) is 5.69 Å². The quantitative estimate of drug-likeness (QED) is 0.651. The Labute approximate surface area is 154 Å². The number of aryl methyl sites for hydroxylation is 2. The number of hydrogen-bond donors (Lipinski definition) is 1. The average molecular weight is 345 g/mol. The molecule has 0 aliphatic carbocycles. The molecular formula is C23H23NO2. The predicted molar refractivity (Wildman–Crippen MR) is 107 cm³/mol. The first-order chi connectivity index (χ1) is 12.6. The van der Waals surface area contributed by atoms with Crippen LogP contribution in [0.1, 0.15) is 17.5 Å². The van der Waals surface area contributed by atoms with Crippen molar-refractivity contribution in [3.05, 3.63) is 83.9 Å². The van der Waals surface area contributed by atoms with E-state index in [-0.39, 0.29) is 5.91 Å². The number of benzene rings is 3. The van der Waals surface area contributed by atoms with E-state index in [4.69, 9.17) is 4.74 Å². The van der Waals surface area contributed by atoms with E-state index in [0.29, 0.717) is 13.0 Å². The molecule has 26 heavy (non-hydrogen) atoms. The largest absolute Gasteiger partial charge is 0.492 e. The third-order valence-corrected chi connectivity index (χ3v) is 4.30. The smallest absolute Gasteiger partial charge is 0.227 e. The van der Waals surface area contributed by atoms with E-state index in [1.165, 1.54) is 0 Å². The van der Waals surface area contributed by atoms with E-state index in [9.17, 15) is 4.79 Å². The van der Waals surface area contributed by atoms with E-state index in [1.807, 2.05) is 74.5 Å². The third-order valence-electron chi connectivity index (χ3n) is 4.30. The molecule has 3 heteroatoms. The summed E-state index contributed by atoms with van der Waals surface area (Å²) in [6, 6.07) is 24.0. The highest BCUT2D eigenvalue weighted by Crippen LogP contribution is 2.29. The second-order valence-corrected chi connectivity index (χ2v) is 6.28. The lowest BCUT2D eigenvalue weighted by atomic mass is 10.1. The number of nitrogens with one attached hydrogen (secondary N) is 1. The minimum absolute atomic E-state index is 0.0420. The number of para-hydroxylation sites is 2. The molecule has 132 valence electrons. The lowest BCUT2D eigenvalue weighted by Gasteiger charge is -2.13. The summed E-state index contributed by atoms with van der Waals surface area (Å²) in [5.41, 5.74) is 5.15. The van der Waals surface area contributed by atoms with Crippen LogP contribution in [0.25, 0.3) is 11.1 Å². The molecule has 0 atom stereocenters. The summed E-state index contributed by atoms with van der Waals surface area (Å²) in [7, 11) is 0. The molecule has 3 nitrogen and oxygen atoms in total. The highest BCUT2D eigenvalue weighted by Gasteiger charge is 2.09. The van der Waals surface area contributed by atoms with Crippen molar-refractivity contribution in [1.82, 2.24) is 0 Å². The Morgan fingerprint density at radius 1 is 0.846 bits per heavy atom. The fraction of sp³-hybridized carbons (Fsp3) is 0.174. The molecular weight excluding hydrogens is 322 g/mol. The molecule has 0 bridgehead atoms. The van der Waals surface area contributed by atoms with E-state index in [2.05, 4.69) is 17.4 Å². The number of ether oxygens (including phenoxy) is 1. The molecule has 0 unspecified atom stereocenters.